The minimum absolute atomic E-state index is 0.0375. The number of ether oxygens (including phenoxy) is 2. The molecule has 0 radical (unpaired) electrons. The molecule has 3 aromatic carbocycles. The Morgan fingerprint density at radius 1 is 0.933 bits per heavy atom. The van der Waals surface area contributed by atoms with Gasteiger partial charge < -0.3 is 14.5 Å². The van der Waals surface area contributed by atoms with Crippen LogP contribution in [0.2, 0.25) is 0 Å². The number of hydrogen-bond donors (Lipinski definition) is 1. The maximum absolute atomic E-state index is 13.7. The van der Waals surface area contributed by atoms with E-state index in [0.29, 0.717) is 12.4 Å². The van der Waals surface area contributed by atoms with Gasteiger partial charge >= 0.3 is 0 Å². The van der Waals surface area contributed by atoms with Crippen LogP contribution in [0.3, 0.4) is 0 Å². The zero-order chi connectivity index (χ0) is 21.1. The predicted octanol–water partition coefficient (Wildman–Crippen LogP) is 5.97. The summed E-state index contributed by atoms with van der Waals surface area (Å²) in [5.41, 5.74) is 3.06. The molecule has 1 aromatic heterocycles. The fourth-order valence-electron chi connectivity index (χ4n) is 3.29. The lowest BCUT2D eigenvalue weighted by Gasteiger charge is -2.11. The lowest BCUT2D eigenvalue weighted by Crippen LogP contribution is -2.01. The Kier molecular flexibility index (Phi) is 5.65. The van der Waals surface area contributed by atoms with Crippen LogP contribution in [0.1, 0.15) is 36.7 Å². The topological polar surface area (TPSA) is 47.1 Å². The minimum Gasteiger partial charge on any atom is -0.494 e. The van der Waals surface area contributed by atoms with Crippen LogP contribution in [0.15, 0.2) is 60.7 Å². The molecule has 6 heteroatoms. The first kappa shape index (κ1) is 19.9. The number of rotatable bonds is 7. The minimum atomic E-state index is -0.488. The lowest BCUT2D eigenvalue weighted by molar-refractivity contribution is 0.299. The summed E-state index contributed by atoms with van der Waals surface area (Å²) in [6, 6.07) is 16.7. The number of nitrogens with zero attached hydrogens (tertiary/aromatic N) is 1. The van der Waals surface area contributed by atoms with Gasteiger partial charge in [0.05, 0.1) is 17.6 Å². The van der Waals surface area contributed by atoms with Gasteiger partial charge in [-0.1, -0.05) is 19.1 Å². The fraction of sp³-hybridized carbons (Fsp3) is 0.208. The highest BCUT2D eigenvalue weighted by atomic mass is 19.1. The van der Waals surface area contributed by atoms with Crippen LogP contribution in [0, 0.1) is 11.6 Å². The van der Waals surface area contributed by atoms with E-state index >= 15 is 0 Å². The quantitative estimate of drug-likeness (QED) is 0.410. The maximum atomic E-state index is 13.7. The highest BCUT2D eigenvalue weighted by Gasteiger charge is 2.14. The molecule has 0 aliphatic rings. The summed E-state index contributed by atoms with van der Waals surface area (Å²) in [5, 5.41) is 0. The van der Waals surface area contributed by atoms with Gasteiger partial charge in [0.1, 0.15) is 35.6 Å². The second-order valence-electron chi connectivity index (χ2n) is 7.05. The Bertz CT molecular complexity index is 1160. The van der Waals surface area contributed by atoms with E-state index < -0.39 is 11.6 Å². The van der Waals surface area contributed by atoms with Crippen molar-refractivity contribution in [2.45, 2.75) is 26.4 Å². The first-order valence-corrected chi connectivity index (χ1v) is 9.82. The molecular formula is C24H22F2N2O2. The lowest BCUT2D eigenvalue weighted by atomic mass is 10.0. The highest BCUT2D eigenvalue weighted by molar-refractivity contribution is 5.77. The summed E-state index contributed by atoms with van der Waals surface area (Å²) < 4.78 is 38.1. The summed E-state index contributed by atoms with van der Waals surface area (Å²) in [5.74, 6) is 1.31. The third-order valence-corrected chi connectivity index (χ3v) is 4.98. The van der Waals surface area contributed by atoms with Crippen molar-refractivity contribution >= 4 is 11.0 Å². The van der Waals surface area contributed by atoms with Crippen molar-refractivity contribution in [3.8, 4) is 11.5 Å². The Morgan fingerprint density at radius 2 is 1.70 bits per heavy atom. The van der Waals surface area contributed by atoms with Crippen LogP contribution >= 0.6 is 0 Å². The molecule has 4 aromatic rings. The first-order chi connectivity index (χ1) is 14.5. The number of H-pyrrole nitrogens is 1. The molecule has 1 atom stereocenters. The molecule has 0 saturated carbocycles. The van der Waals surface area contributed by atoms with Gasteiger partial charge in [-0.25, -0.2) is 13.8 Å². The van der Waals surface area contributed by atoms with Crippen LogP contribution in [0.25, 0.3) is 11.0 Å². The Balaban J connectivity index is 1.46. The van der Waals surface area contributed by atoms with Gasteiger partial charge in [0.25, 0.3) is 0 Å². The summed E-state index contributed by atoms with van der Waals surface area (Å²) in [7, 11) is 0. The monoisotopic (exact) mass is 408 g/mol. The van der Waals surface area contributed by atoms with Crippen molar-refractivity contribution in [1.82, 2.24) is 9.97 Å². The normalized spacial score (nSPS) is 12.1. The predicted molar refractivity (Wildman–Crippen MR) is 112 cm³/mol. The van der Waals surface area contributed by atoms with E-state index in [4.69, 9.17) is 14.5 Å². The molecule has 0 bridgehead atoms. The fourth-order valence-corrected chi connectivity index (χ4v) is 3.29. The van der Waals surface area contributed by atoms with Gasteiger partial charge in [-0.3, -0.25) is 0 Å². The van der Waals surface area contributed by atoms with E-state index in [1.807, 2.05) is 49.4 Å². The standard InChI is InChI=1S/C24H22F2N2O2/c1-3-29-20-9-11-22-23(13-20)28-24(27-22)15(2)16-4-7-19(8-5-16)30-14-17-12-18(25)6-10-21(17)26/h4-13,15H,3,14H2,1-2H3,(H,27,28). The molecule has 1 N–H and O–H groups in total. The van der Waals surface area contributed by atoms with Crippen LogP contribution in [-0.4, -0.2) is 16.6 Å². The largest absolute Gasteiger partial charge is 0.494 e. The van der Waals surface area contributed by atoms with E-state index in [-0.39, 0.29) is 18.1 Å². The smallest absolute Gasteiger partial charge is 0.130 e. The molecule has 4 rings (SSSR count). The summed E-state index contributed by atoms with van der Waals surface area (Å²) in [4.78, 5) is 8.07. The number of halogens is 2. The molecule has 0 saturated heterocycles. The van der Waals surface area contributed by atoms with Crippen molar-refractivity contribution in [3.63, 3.8) is 0 Å². The van der Waals surface area contributed by atoms with Crippen molar-refractivity contribution in [1.29, 1.82) is 0 Å². The van der Waals surface area contributed by atoms with E-state index in [2.05, 4.69) is 11.9 Å². The zero-order valence-electron chi connectivity index (χ0n) is 16.8. The second kappa shape index (κ2) is 8.53. The number of hydrogen-bond acceptors (Lipinski definition) is 3. The molecule has 154 valence electrons. The summed E-state index contributed by atoms with van der Waals surface area (Å²) in [6.07, 6.45) is 0. The van der Waals surface area contributed by atoms with Crippen molar-refractivity contribution < 1.29 is 18.3 Å². The van der Waals surface area contributed by atoms with Crippen molar-refractivity contribution in [2.24, 2.45) is 0 Å². The van der Waals surface area contributed by atoms with Gasteiger partial charge in [0, 0.05) is 17.5 Å². The first-order valence-electron chi connectivity index (χ1n) is 9.82. The Hall–Kier alpha value is -3.41. The van der Waals surface area contributed by atoms with Crippen molar-refractivity contribution in [2.75, 3.05) is 6.61 Å². The number of imidazole rings is 1. The van der Waals surface area contributed by atoms with E-state index in [1.165, 1.54) is 0 Å². The number of aromatic nitrogens is 2. The van der Waals surface area contributed by atoms with Gasteiger partial charge in [-0.2, -0.15) is 0 Å². The summed E-state index contributed by atoms with van der Waals surface area (Å²) in [6.45, 7) is 4.59. The number of nitrogens with one attached hydrogen (secondary N) is 1. The van der Waals surface area contributed by atoms with Crippen LogP contribution < -0.4 is 9.47 Å². The number of aromatic amines is 1. The molecule has 0 amide bonds. The van der Waals surface area contributed by atoms with Gasteiger partial charge in [-0.15, -0.1) is 0 Å². The van der Waals surface area contributed by atoms with Crippen LogP contribution in [0.4, 0.5) is 8.78 Å². The van der Waals surface area contributed by atoms with Gasteiger partial charge in [0.15, 0.2) is 0 Å². The molecule has 0 aliphatic heterocycles. The van der Waals surface area contributed by atoms with E-state index in [0.717, 1.165) is 46.4 Å². The molecule has 0 aliphatic carbocycles. The molecule has 1 unspecified atom stereocenters. The van der Waals surface area contributed by atoms with E-state index in [9.17, 15) is 8.78 Å². The average Bonchev–Trinajstić information content (AvgIpc) is 3.18. The van der Waals surface area contributed by atoms with Gasteiger partial charge in [0.2, 0.25) is 0 Å². The Morgan fingerprint density at radius 3 is 2.47 bits per heavy atom. The Labute approximate surface area is 173 Å². The average molecular weight is 408 g/mol. The SMILES string of the molecule is CCOc1ccc2[nH]c(C(C)c3ccc(OCc4cc(F)ccc4F)cc3)nc2c1. The second-order valence-corrected chi connectivity index (χ2v) is 7.05. The molecule has 0 spiro atoms. The molecule has 1 heterocycles. The van der Waals surface area contributed by atoms with E-state index in [1.54, 1.807) is 0 Å². The third kappa shape index (κ3) is 4.27. The molecule has 30 heavy (non-hydrogen) atoms. The van der Waals surface area contributed by atoms with Gasteiger partial charge in [-0.05, 0) is 55.0 Å². The maximum Gasteiger partial charge on any atom is 0.130 e. The highest BCUT2D eigenvalue weighted by Crippen LogP contribution is 2.27. The van der Waals surface area contributed by atoms with Crippen LogP contribution in [0.5, 0.6) is 11.5 Å². The van der Waals surface area contributed by atoms with Crippen LogP contribution in [-0.2, 0) is 6.61 Å². The molecule has 4 nitrogen and oxygen atoms in total. The summed E-state index contributed by atoms with van der Waals surface area (Å²) >= 11 is 0. The molecular weight excluding hydrogens is 386 g/mol. The number of fused-ring (bicyclic) bond motifs is 1. The third-order valence-electron chi connectivity index (χ3n) is 4.98. The van der Waals surface area contributed by atoms with Crippen molar-refractivity contribution in [3.05, 3.63) is 89.2 Å². The number of benzene rings is 3. The zero-order valence-corrected chi connectivity index (χ0v) is 16.8. The molecule has 0 fully saturated rings.